The molecule has 3 N–H and O–H groups in total. The predicted octanol–water partition coefficient (Wildman–Crippen LogP) is 4.67. The summed E-state index contributed by atoms with van der Waals surface area (Å²) in [5.41, 5.74) is 6.14. The molecular formula is C15H21F3N2. The Balaban J connectivity index is 2.04. The molecule has 112 valence electrons. The van der Waals surface area contributed by atoms with Crippen LogP contribution in [-0.4, -0.2) is 6.04 Å². The molecule has 1 saturated carbocycles. The molecule has 0 atom stereocenters. The molecule has 0 saturated heterocycles. The van der Waals surface area contributed by atoms with E-state index >= 15 is 0 Å². The van der Waals surface area contributed by atoms with Crippen LogP contribution < -0.4 is 11.1 Å². The van der Waals surface area contributed by atoms with Crippen molar-refractivity contribution in [3.63, 3.8) is 0 Å². The van der Waals surface area contributed by atoms with E-state index in [4.69, 9.17) is 5.73 Å². The summed E-state index contributed by atoms with van der Waals surface area (Å²) in [6.45, 7) is 4.49. The van der Waals surface area contributed by atoms with Gasteiger partial charge in [0.1, 0.15) is 0 Å². The van der Waals surface area contributed by atoms with Gasteiger partial charge in [-0.3, -0.25) is 0 Å². The minimum absolute atomic E-state index is 0.157. The highest BCUT2D eigenvalue weighted by Crippen LogP contribution is 2.37. The van der Waals surface area contributed by atoms with Crippen molar-refractivity contribution in [3.05, 3.63) is 23.8 Å². The SMILES string of the molecule is CC1(C)CCC(Nc2ccc(C(F)(F)F)cc2N)CC1. The molecule has 1 aromatic carbocycles. The van der Waals surface area contributed by atoms with Gasteiger partial charge in [0, 0.05) is 6.04 Å². The van der Waals surface area contributed by atoms with Crippen LogP contribution in [0.2, 0.25) is 0 Å². The highest BCUT2D eigenvalue weighted by molar-refractivity contribution is 5.67. The number of alkyl halides is 3. The summed E-state index contributed by atoms with van der Waals surface area (Å²) in [5, 5.41) is 3.27. The van der Waals surface area contributed by atoms with E-state index in [9.17, 15) is 13.2 Å². The van der Waals surface area contributed by atoms with E-state index in [1.807, 2.05) is 0 Å². The Morgan fingerprint density at radius 1 is 1.20 bits per heavy atom. The Kier molecular flexibility index (Phi) is 3.89. The van der Waals surface area contributed by atoms with Crippen LogP contribution in [0, 0.1) is 5.41 Å². The van der Waals surface area contributed by atoms with Gasteiger partial charge in [-0.2, -0.15) is 13.2 Å². The number of benzene rings is 1. The van der Waals surface area contributed by atoms with Gasteiger partial charge in [0.15, 0.2) is 0 Å². The molecule has 0 bridgehead atoms. The van der Waals surface area contributed by atoms with Crippen molar-refractivity contribution in [2.45, 2.75) is 51.7 Å². The monoisotopic (exact) mass is 286 g/mol. The molecule has 0 heterocycles. The second-order valence-corrected chi connectivity index (χ2v) is 6.38. The van der Waals surface area contributed by atoms with Gasteiger partial charge in [0.2, 0.25) is 0 Å². The first-order valence-corrected chi connectivity index (χ1v) is 6.91. The van der Waals surface area contributed by atoms with Gasteiger partial charge < -0.3 is 11.1 Å². The molecule has 1 aromatic rings. The minimum atomic E-state index is -4.35. The second-order valence-electron chi connectivity index (χ2n) is 6.38. The second kappa shape index (κ2) is 5.19. The van der Waals surface area contributed by atoms with Crippen LogP contribution in [0.4, 0.5) is 24.5 Å². The average molecular weight is 286 g/mol. The fourth-order valence-electron chi connectivity index (χ4n) is 2.63. The third-order valence-corrected chi connectivity index (χ3v) is 4.08. The number of hydrogen-bond acceptors (Lipinski definition) is 2. The first-order chi connectivity index (χ1) is 9.17. The van der Waals surface area contributed by atoms with Gasteiger partial charge in [-0.15, -0.1) is 0 Å². The van der Waals surface area contributed by atoms with Gasteiger partial charge >= 0.3 is 6.18 Å². The lowest BCUT2D eigenvalue weighted by Crippen LogP contribution is -2.30. The van der Waals surface area contributed by atoms with Crippen molar-refractivity contribution in [2.24, 2.45) is 5.41 Å². The van der Waals surface area contributed by atoms with E-state index < -0.39 is 11.7 Å². The molecular weight excluding hydrogens is 265 g/mol. The highest BCUT2D eigenvalue weighted by atomic mass is 19.4. The van der Waals surface area contributed by atoms with E-state index in [1.54, 1.807) is 0 Å². The summed E-state index contributed by atoms with van der Waals surface area (Å²) < 4.78 is 37.7. The van der Waals surface area contributed by atoms with Crippen molar-refractivity contribution in [1.29, 1.82) is 0 Å². The van der Waals surface area contributed by atoms with Crippen LogP contribution in [0.25, 0.3) is 0 Å². The van der Waals surface area contributed by atoms with Crippen LogP contribution in [0.3, 0.4) is 0 Å². The largest absolute Gasteiger partial charge is 0.416 e. The maximum absolute atomic E-state index is 12.6. The zero-order chi connectivity index (χ0) is 15.0. The summed E-state index contributed by atoms with van der Waals surface area (Å²) in [6, 6.07) is 3.79. The fourth-order valence-corrected chi connectivity index (χ4v) is 2.63. The number of anilines is 2. The van der Waals surface area contributed by atoms with Crippen molar-refractivity contribution in [1.82, 2.24) is 0 Å². The summed E-state index contributed by atoms with van der Waals surface area (Å²) >= 11 is 0. The molecule has 0 aromatic heterocycles. The molecule has 0 radical (unpaired) electrons. The lowest BCUT2D eigenvalue weighted by atomic mass is 9.75. The maximum Gasteiger partial charge on any atom is 0.416 e. The predicted molar refractivity (Wildman–Crippen MR) is 75.5 cm³/mol. The molecule has 0 unspecified atom stereocenters. The maximum atomic E-state index is 12.6. The number of halogens is 3. The molecule has 1 fully saturated rings. The Hall–Kier alpha value is -1.39. The molecule has 1 aliphatic carbocycles. The van der Waals surface area contributed by atoms with Gasteiger partial charge in [0.25, 0.3) is 0 Å². The van der Waals surface area contributed by atoms with E-state index in [0.717, 1.165) is 37.8 Å². The highest BCUT2D eigenvalue weighted by Gasteiger charge is 2.31. The van der Waals surface area contributed by atoms with Gasteiger partial charge in [0.05, 0.1) is 16.9 Å². The number of nitrogen functional groups attached to an aromatic ring is 1. The van der Waals surface area contributed by atoms with E-state index in [2.05, 4.69) is 19.2 Å². The number of hydrogen-bond donors (Lipinski definition) is 2. The van der Waals surface area contributed by atoms with Crippen molar-refractivity contribution < 1.29 is 13.2 Å². The van der Waals surface area contributed by atoms with Crippen molar-refractivity contribution in [2.75, 3.05) is 11.1 Å². The third-order valence-electron chi connectivity index (χ3n) is 4.08. The van der Waals surface area contributed by atoms with Gasteiger partial charge in [-0.1, -0.05) is 13.8 Å². The van der Waals surface area contributed by atoms with E-state index in [0.29, 0.717) is 17.1 Å². The van der Waals surface area contributed by atoms with Gasteiger partial charge in [-0.05, 0) is 49.3 Å². The summed E-state index contributed by atoms with van der Waals surface area (Å²) in [4.78, 5) is 0. The first-order valence-electron chi connectivity index (χ1n) is 6.91. The average Bonchev–Trinajstić information content (AvgIpc) is 2.33. The summed E-state index contributed by atoms with van der Waals surface area (Å²) in [5.74, 6) is 0. The standard InChI is InChI=1S/C15H21F3N2/c1-14(2)7-5-11(6-8-14)20-13-4-3-10(9-12(13)19)15(16,17)18/h3-4,9,11,20H,5-8,19H2,1-2H3. The smallest absolute Gasteiger partial charge is 0.397 e. The molecule has 20 heavy (non-hydrogen) atoms. The fraction of sp³-hybridized carbons (Fsp3) is 0.600. The molecule has 5 heteroatoms. The number of nitrogens with two attached hydrogens (primary N) is 1. The Morgan fingerprint density at radius 3 is 2.30 bits per heavy atom. The lowest BCUT2D eigenvalue weighted by Gasteiger charge is -2.35. The Bertz CT molecular complexity index is 470. The number of nitrogens with one attached hydrogen (secondary N) is 1. The van der Waals surface area contributed by atoms with Crippen molar-refractivity contribution >= 4 is 11.4 Å². The quantitative estimate of drug-likeness (QED) is 0.775. The van der Waals surface area contributed by atoms with E-state index in [-0.39, 0.29) is 5.69 Å². The van der Waals surface area contributed by atoms with Crippen LogP contribution in [0.1, 0.15) is 45.1 Å². The van der Waals surface area contributed by atoms with Gasteiger partial charge in [-0.25, -0.2) is 0 Å². The Morgan fingerprint density at radius 2 is 1.80 bits per heavy atom. The summed E-state index contributed by atoms with van der Waals surface area (Å²) in [6.07, 6.45) is -0.0706. The molecule has 0 amide bonds. The zero-order valence-corrected chi connectivity index (χ0v) is 11.8. The molecule has 0 spiro atoms. The van der Waals surface area contributed by atoms with Crippen LogP contribution in [0.5, 0.6) is 0 Å². The zero-order valence-electron chi connectivity index (χ0n) is 11.8. The van der Waals surface area contributed by atoms with Crippen LogP contribution in [0.15, 0.2) is 18.2 Å². The Labute approximate surface area is 117 Å². The minimum Gasteiger partial charge on any atom is -0.397 e. The normalized spacial score (nSPS) is 19.9. The number of rotatable bonds is 2. The van der Waals surface area contributed by atoms with E-state index in [1.165, 1.54) is 6.07 Å². The molecule has 2 nitrogen and oxygen atoms in total. The van der Waals surface area contributed by atoms with Crippen LogP contribution >= 0.6 is 0 Å². The van der Waals surface area contributed by atoms with Crippen molar-refractivity contribution in [3.8, 4) is 0 Å². The molecule has 2 rings (SSSR count). The molecule has 1 aliphatic rings. The topological polar surface area (TPSA) is 38.0 Å². The van der Waals surface area contributed by atoms with Crippen LogP contribution in [-0.2, 0) is 6.18 Å². The lowest BCUT2D eigenvalue weighted by molar-refractivity contribution is -0.137. The third kappa shape index (κ3) is 3.58. The first kappa shape index (κ1) is 15.0. The summed E-state index contributed by atoms with van der Waals surface area (Å²) in [7, 11) is 0. The molecule has 0 aliphatic heterocycles.